The summed E-state index contributed by atoms with van der Waals surface area (Å²) in [5, 5.41) is 19.7. The molecule has 5 heteroatoms. The molecule has 3 rings (SSSR count). The van der Waals surface area contributed by atoms with Crippen LogP contribution in [0.25, 0.3) is 0 Å². The van der Waals surface area contributed by atoms with Crippen molar-refractivity contribution in [1.29, 1.82) is 0 Å². The van der Waals surface area contributed by atoms with E-state index < -0.39 is 0 Å². The van der Waals surface area contributed by atoms with Gasteiger partial charge in [-0.15, -0.1) is 11.8 Å². The molecule has 31 heavy (non-hydrogen) atoms. The smallest absolute Gasteiger partial charge is 0.305 e. The maximum Gasteiger partial charge on any atom is 0.305 e. The molecule has 0 radical (unpaired) electrons. The number of phenols is 2. The molecule has 0 amide bonds. The molecule has 0 aromatic heterocycles. The summed E-state index contributed by atoms with van der Waals surface area (Å²) in [4.78, 5) is 12.4. The summed E-state index contributed by atoms with van der Waals surface area (Å²) in [6, 6.07) is 13.4. The Morgan fingerprint density at radius 1 is 1.00 bits per heavy atom. The minimum absolute atomic E-state index is 0.0249. The molecule has 4 nitrogen and oxygen atoms in total. The zero-order valence-corrected chi connectivity index (χ0v) is 19.4. The van der Waals surface area contributed by atoms with E-state index in [1.807, 2.05) is 17.8 Å². The number of phenolic OH excluding ortho intramolecular Hbond substituents is 2. The van der Waals surface area contributed by atoms with Crippen molar-refractivity contribution in [2.24, 2.45) is 0 Å². The molecule has 0 unspecified atom stereocenters. The van der Waals surface area contributed by atoms with Crippen molar-refractivity contribution in [1.82, 2.24) is 0 Å². The summed E-state index contributed by atoms with van der Waals surface area (Å²) in [6.07, 6.45) is 8.26. The van der Waals surface area contributed by atoms with Gasteiger partial charge in [0.15, 0.2) is 0 Å². The lowest BCUT2D eigenvalue weighted by atomic mass is 9.68. The number of benzene rings is 2. The molecule has 0 fully saturated rings. The Bertz CT molecular complexity index is 864. The molecule has 0 saturated heterocycles. The van der Waals surface area contributed by atoms with Crippen LogP contribution in [0.4, 0.5) is 0 Å². The van der Waals surface area contributed by atoms with Gasteiger partial charge >= 0.3 is 5.97 Å². The third-order valence-electron chi connectivity index (χ3n) is 6.55. The zero-order valence-electron chi connectivity index (χ0n) is 18.6. The van der Waals surface area contributed by atoms with Gasteiger partial charge in [0.1, 0.15) is 11.5 Å². The molecular weight excluding hydrogens is 408 g/mol. The fourth-order valence-electron chi connectivity index (χ4n) is 4.64. The number of carbonyl (C=O) groups is 1. The fourth-order valence-corrected chi connectivity index (χ4v) is 6.04. The summed E-state index contributed by atoms with van der Waals surface area (Å²) < 4.78 is 4.69. The average Bonchev–Trinajstić information content (AvgIpc) is 2.77. The number of carbonyl (C=O) groups excluding carboxylic acids is 1. The molecular formula is C26H34O4S. The number of fused-ring (bicyclic) bond motifs is 1. The Morgan fingerprint density at radius 2 is 1.65 bits per heavy atom. The molecule has 1 aliphatic rings. The number of thioether (sulfide) groups is 1. The molecule has 0 bridgehead atoms. The lowest BCUT2D eigenvalue weighted by molar-refractivity contribution is -0.140. The highest BCUT2D eigenvalue weighted by Crippen LogP contribution is 2.52. The predicted molar refractivity (Wildman–Crippen MR) is 126 cm³/mol. The van der Waals surface area contributed by atoms with Crippen molar-refractivity contribution in [3.05, 3.63) is 53.6 Å². The van der Waals surface area contributed by atoms with Gasteiger partial charge in [-0.3, -0.25) is 4.79 Å². The topological polar surface area (TPSA) is 66.8 Å². The molecule has 1 aliphatic heterocycles. The first-order chi connectivity index (χ1) is 14.9. The van der Waals surface area contributed by atoms with Crippen molar-refractivity contribution < 1.29 is 19.7 Å². The van der Waals surface area contributed by atoms with Crippen LogP contribution in [0.2, 0.25) is 0 Å². The van der Waals surface area contributed by atoms with Gasteiger partial charge in [-0.25, -0.2) is 0 Å². The second-order valence-electron chi connectivity index (χ2n) is 8.76. The van der Waals surface area contributed by atoms with Crippen LogP contribution in [0.1, 0.15) is 75.3 Å². The van der Waals surface area contributed by atoms with E-state index in [1.165, 1.54) is 36.0 Å². The van der Waals surface area contributed by atoms with E-state index in [4.69, 9.17) is 4.74 Å². The summed E-state index contributed by atoms with van der Waals surface area (Å²) in [7, 11) is 1.44. The Balaban J connectivity index is 1.63. The van der Waals surface area contributed by atoms with Gasteiger partial charge in [0.25, 0.3) is 0 Å². The van der Waals surface area contributed by atoms with Crippen LogP contribution in [0.5, 0.6) is 11.5 Å². The van der Waals surface area contributed by atoms with E-state index in [1.54, 1.807) is 18.2 Å². The standard InChI is InChI=1S/C26H34O4S/c1-26(19-11-13-20(27)14-12-19)18-31-24-17-21(28)15-16-22(24)23(26)9-7-5-3-4-6-8-10-25(29)30-2/h11-17,23,27-28H,3-10,18H2,1-2H3/t23-,26-/m1/s1. The molecule has 2 N–H and O–H groups in total. The van der Waals surface area contributed by atoms with Crippen molar-refractivity contribution in [3.8, 4) is 11.5 Å². The lowest BCUT2D eigenvalue weighted by Crippen LogP contribution is -2.36. The Hall–Kier alpha value is -2.14. The molecule has 2 aromatic carbocycles. The van der Waals surface area contributed by atoms with E-state index in [0.717, 1.165) is 37.9 Å². The first kappa shape index (κ1) is 23.5. The van der Waals surface area contributed by atoms with Gasteiger partial charge in [-0.2, -0.15) is 0 Å². The van der Waals surface area contributed by atoms with Crippen molar-refractivity contribution >= 4 is 17.7 Å². The number of aromatic hydroxyl groups is 2. The van der Waals surface area contributed by atoms with E-state index in [9.17, 15) is 15.0 Å². The minimum atomic E-state index is -0.117. The molecule has 0 saturated carbocycles. The van der Waals surface area contributed by atoms with E-state index in [2.05, 4.69) is 25.1 Å². The highest BCUT2D eigenvalue weighted by Gasteiger charge is 2.41. The van der Waals surface area contributed by atoms with Crippen molar-refractivity contribution in [2.75, 3.05) is 12.9 Å². The molecule has 2 atom stereocenters. The van der Waals surface area contributed by atoms with Crippen LogP contribution in [-0.4, -0.2) is 29.0 Å². The average molecular weight is 443 g/mol. The van der Waals surface area contributed by atoms with Crippen molar-refractivity contribution in [3.63, 3.8) is 0 Å². The van der Waals surface area contributed by atoms with E-state index >= 15 is 0 Å². The maximum absolute atomic E-state index is 11.2. The molecule has 0 spiro atoms. The van der Waals surface area contributed by atoms with Gasteiger partial charge in [-0.1, -0.05) is 57.2 Å². The summed E-state index contributed by atoms with van der Waals surface area (Å²) >= 11 is 1.81. The second-order valence-corrected chi connectivity index (χ2v) is 9.78. The third-order valence-corrected chi connectivity index (χ3v) is 7.96. The van der Waals surface area contributed by atoms with Crippen LogP contribution in [0.15, 0.2) is 47.4 Å². The number of unbranched alkanes of at least 4 members (excludes halogenated alkanes) is 5. The Labute approximate surface area is 190 Å². The summed E-state index contributed by atoms with van der Waals surface area (Å²) in [5.41, 5.74) is 2.55. The minimum Gasteiger partial charge on any atom is -0.508 e. The van der Waals surface area contributed by atoms with Gasteiger partial charge < -0.3 is 14.9 Å². The SMILES string of the molecule is COC(=O)CCCCCCCC[C@@H]1c2ccc(O)cc2SC[C@]1(C)c1ccc(O)cc1. The Kier molecular flexibility index (Phi) is 8.30. The predicted octanol–water partition coefficient (Wildman–Crippen LogP) is 6.54. The largest absolute Gasteiger partial charge is 0.508 e. The lowest BCUT2D eigenvalue weighted by Gasteiger charge is -2.43. The number of ether oxygens (including phenoxy) is 1. The van der Waals surface area contributed by atoms with Gasteiger partial charge in [-0.05, 0) is 54.2 Å². The first-order valence-electron chi connectivity index (χ1n) is 11.3. The van der Waals surface area contributed by atoms with E-state index in [0.29, 0.717) is 23.8 Å². The van der Waals surface area contributed by atoms with Crippen LogP contribution in [0.3, 0.4) is 0 Å². The maximum atomic E-state index is 11.2. The number of methoxy groups -OCH3 is 1. The summed E-state index contributed by atoms with van der Waals surface area (Å²) in [5.74, 6) is 1.82. The highest BCUT2D eigenvalue weighted by molar-refractivity contribution is 7.99. The van der Waals surface area contributed by atoms with Gasteiger partial charge in [0.2, 0.25) is 0 Å². The zero-order chi connectivity index (χ0) is 22.3. The molecule has 2 aromatic rings. The molecule has 0 aliphatic carbocycles. The van der Waals surface area contributed by atoms with Crippen molar-refractivity contribution in [2.45, 2.75) is 74.5 Å². The molecule has 168 valence electrons. The quantitative estimate of drug-likeness (QED) is 0.323. The monoisotopic (exact) mass is 442 g/mol. The van der Waals surface area contributed by atoms with Crippen LogP contribution in [0, 0.1) is 0 Å². The number of hydrogen-bond donors (Lipinski definition) is 2. The van der Waals surface area contributed by atoms with Gasteiger partial charge in [0, 0.05) is 22.5 Å². The number of hydrogen-bond acceptors (Lipinski definition) is 5. The highest BCUT2D eigenvalue weighted by atomic mass is 32.2. The number of rotatable bonds is 10. The fraction of sp³-hybridized carbons (Fsp3) is 0.500. The van der Waals surface area contributed by atoms with Gasteiger partial charge in [0.05, 0.1) is 7.11 Å². The van der Waals surface area contributed by atoms with E-state index in [-0.39, 0.29) is 11.4 Å². The second kappa shape index (κ2) is 10.9. The molecule has 1 heterocycles. The Morgan fingerprint density at radius 3 is 2.35 bits per heavy atom. The van der Waals surface area contributed by atoms with Crippen LogP contribution < -0.4 is 0 Å². The van der Waals surface area contributed by atoms with Crippen LogP contribution >= 0.6 is 11.8 Å². The van der Waals surface area contributed by atoms with Crippen LogP contribution in [-0.2, 0) is 14.9 Å². The number of esters is 1. The normalized spacial score (nSPS) is 20.3. The first-order valence-corrected chi connectivity index (χ1v) is 12.2. The summed E-state index contributed by atoms with van der Waals surface area (Å²) in [6.45, 7) is 2.33. The third kappa shape index (κ3) is 5.97.